The number of halogens is 1. The second-order valence-electron chi connectivity index (χ2n) is 4.19. The molecule has 19 heavy (non-hydrogen) atoms. The topological polar surface area (TPSA) is 63.1 Å². The van der Waals surface area contributed by atoms with Crippen LogP contribution in [0.5, 0.6) is 0 Å². The Kier molecular flexibility index (Phi) is 3.85. The van der Waals surface area contributed by atoms with Crippen molar-refractivity contribution >= 4 is 5.97 Å². The van der Waals surface area contributed by atoms with Crippen molar-refractivity contribution in [3.63, 3.8) is 0 Å². The van der Waals surface area contributed by atoms with Gasteiger partial charge in [-0.15, -0.1) is 0 Å². The van der Waals surface area contributed by atoms with Crippen molar-refractivity contribution in [2.24, 2.45) is 0 Å². The van der Waals surface area contributed by atoms with E-state index in [2.05, 4.69) is 9.97 Å². The Morgan fingerprint density at radius 2 is 2.00 bits per heavy atom. The van der Waals surface area contributed by atoms with Crippen molar-refractivity contribution < 1.29 is 14.3 Å². The van der Waals surface area contributed by atoms with Crippen LogP contribution in [0.2, 0.25) is 0 Å². The fourth-order valence-electron chi connectivity index (χ4n) is 1.78. The summed E-state index contributed by atoms with van der Waals surface area (Å²) >= 11 is 0. The van der Waals surface area contributed by atoms with Gasteiger partial charge in [0.15, 0.2) is 0 Å². The average Bonchev–Trinajstić information content (AvgIpc) is 2.38. The van der Waals surface area contributed by atoms with Crippen LogP contribution in [0, 0.1) is 12.7 Å². The van der Waals surface area contributed by atoms with Crippen molar-refractivity contribution in [2.75, 3.05) is 0 Å². The molecular weight excluding hydrogens is 247 g/mol. The van der Waals surface area contributed by atoms with Gasteiger partial charge in [0, 0.05) is 18.2 Å². The quantitative estimate of drug-likeness (QED) is 0.917. The average molecular weight is 260 g/mol. The van der Waals surface area contributed by atoms with E-state index in [0.717, 1.165) is 11.1 Å². The normalized spacial score (nSPS) is 10.4. The van der Waals surface area contributed by atoms with Crippen LogP contribution >= 0.6 is 0 Å². The number of hydrogen-bond acceptors (Lipinski definition) is 3. The fourth-order valence-corrected chi connectivity index (χ4v) is 1.78. The highest BCUT2D eigenvalue weighted by atomic mass is 19.1. The Bertz CT molecular complexity index is 597. The Morgan fingerprint density at radius 3 is 2.63 bits per heavy atom. The molecule has 5 heteroatoms. The van der Waals surface area contributed by atoms with Crippen molar-refractivity contribution in [1.82, 2.24) is 9.97 Å². The third-order valence-electron chi connectivity index (χ3n) is 2.71. The van der Waals surface area contributed by atoms with Crippen LogP contribution in [-0.4, -0.2) is 21.0 Å². The van der Waals surface area contributed by atoms with E-state index < -0.39 is 5.97 Å². The van der Waals surface area contributed by atoms with E-state index in [0.29, 0.717) is 17.9 Å². The maximum atomic E-state index is 12.9. The monoisotopic (exact) mass is 260 g/mol. The predicted molar refractivity (Wildman–Crippen MR) is 68.1 cm³/mol. The molecule has 0 bridgehead atoms. The summed E-state index contributed by atoms with van der Waals surface area (Å²) in [6.45, 7) is 1.76. The second-order valence-corrected chi connectivity index (χ2v) is 4.19. The summed E-state index contributed by atoms with van der Waals surface area (Å²) in [7, 11) is 0. The van der Waals surface area contributed by atoms with E-state index in [9.17, 15) is 9.18 Å². The van der Waals surface area contributed by atoms with Gasteiger partial charge in [0.2, 0.25) is 0 Å². The number of aromatic nitrogens is 2. The Morgan fingerprint density at radius 1 is 1.32 bits per heavy atom. The molecule has 0 aliphatic rings. The van der Waals surface area contributed by atoms with Gasteiger partial charge in [-0.25, -0.2) is 14.4 Å². The molecule has 0 atom stereocenters. The van der Waals surface area contributed by atoms with Gasteiger partial charge in [0.25, 0.3) is 0 Å². The van der Waals surface area contributed by atoms with Crippen LogP contribution < -0.4 is 0 Å². The molecule has 0 saturated carbocycles. The van der Waals surface area contributed by atoms with Crippen LogP contribution in [0.3, 0.4) is 0 Å². The SMILES string of the molecule is Cc1ncc(CCC(=O)O)c(-c2ccc(F)cc2)n1. The maximum Gasteiger partial charge on any atom is 0.303 e. The Labute approximate surface area is 110 Å². The lowest BCUT2D eigenvalue weighted by atomic mass is 10.0. The van der Waals surface area contributed by atoms with Gasteiger partial charge in [-0.2, -0.15) is 0 Å². The van der Waals surface area contributed by atoms with Crippen LogP contribution in [0.25, 0.3) is 11.3 Å². The van der Waals surface area contributed by atoms with E-state index >= 15 is 0 Å². The first-order chi connectivity index (χ1) is 9.06. The van der Waals surface area contributed by atoms with E-state index in [1.54, 1.807) is 25.3 Å². The zero-order chi connectivity index (χ0) is 13.8. The third-order valence-corrected chi connectivity index (χ3v) is 2.71. The molecule has 98 valence electrons. The molecule has 1 heterocycles. The van der Waals surface area contributed by atoms with Gasteiger partial charge in [0.1, 0.15) is 11.6 Å². The second kappa shape index (κ2) is 5.56. The highest BCUT2D eigenvalue weighted by molar-refractivity contribution is 5.68. The lowest BCUT2D eigenvalue weighted by Gasteiger charge is -2.08. The lowest BCUT2D eigenvalue weighted by Crippen LogP contribution is -2.02. The Balaban J connectivity index is 2.39. The molecule has 1 N–H and O–H groups in total. The number of rotatable bonds is 4. The number of carboxylic acid groups (broad SMARTS) is 1. The summed E-state index contributed by atoms with van der Waals surface area (Å²) in [5.74, 6) is -0.592. The summed E-state index contributed by atoms with van der Waals surface area (Å²) in [6, 6.07) is 5.96. The van der Waals surface area contributed by atoms with E-state index in [1.165, 1.54) is 12.1 Å². The standard InChI is InChI=1S/C14H13FN2O2/c1-9-16-8-11(4-7-13(18)19)14(17-9)10-2-5-12(15)6-3-10/h2-3,5-6,8H,4,7H2,1H3,(H,18,19). The molecule has 0 amide bonds. The van der Waals surface area contributed by atoms with Gasteiger partial charge in [-0.3, -0.25) is 4.79 Å². The zero-order valence-electron chi connectivity index (χ0n) is 10.4. The number of aliphatic carboxylic acids is 1. The molecular formula is C14H13FN2O2. The number of aryl methyl sites for hydroxylation is 2. The minimum absolute atomic E-state index is 0.0145. The van der Waals surface area contributed by atoms with Crippen molar-refractivity contribution in [2.45, 2.75) is 19.8 Å². The summed E-state index contributed by atoms with van der Waals surface area (Å²) < 4.78 is 12.9. The first-order valence-electron chi connectivity index (χ1n) is 5.86. The molecule has 2 rings (SSSR count). The summed E-state index contributed by atoms with van der Waals surface area (Å²) in [5, 5.41) is 8.74. The van der Waals surface area contributed by atoms with Gasteiger partial charge in [-0.1, -0.05) is 0 Å². The largest absolute Gasteiger partial charge is 0.481 e. The van der Waals surface area contributed by atoms with E-state index in [1.807, 2.05) is 0 Å². The first kappa shape index (κ1) is 13.1. The molecule has 0 fully saturated rings. The van der Waals surface area contributed by atoms with Crippen LogP contribution in [0.15, 0.2) is 30.5 Å². The van der Waals surface area contributed by atoms with Crippen molar-refractivity contribution in [3.05, 3.63) is 47.7 Å². The number of carbonyl (C=O) groups is 1. The minimum atomic E-state index is -0.870. The number of carboxylic acids is 1. The maximum absolute atomic E-state index is 12.9. The van der Waals surface area contributed by atoms with Crippen LogP contribution in [0.4, 0.5) is 4.39 Å². The molecule has 0 spiro atoms. The summed E-state index contributed by atoms with van der Waals surface area (Å²) in [5.41, 5.74) is 2.17. The molecule has 2 aromatic rings. The highest BCUT2D eigenvalue weighted by Gasteiger charge is 2.10. The summed E-state index contributed by atoms with van der Waals surface area (Å²) in [4.78, 5) is 19.0. The molecule has 4 nitrogen and oxygen atoms in total. The first-order valence-corrected chi connectivity index (χ1v) is 5.86. The van der Waals surface area contributed by atoms with Gasteiger partial charge < -0.3 is 5.11 Å². The number of hydrogen-bond donors (Lipinski definition) is 1. The molecule has 1 aromatic heterocycles. The van der Waals surface area contributed by atoms with Gasteiger partial charge >= 0.3 is 5.97 Å². The molecule has 1 aromatic carbocycles. The van der Waals surface area contributed by atoms with Gasteiger partial charge in [-0.05, 0) is 43.2 Å². The summed E-state index contributed by atoms with van der Waals surface area (Å²) in [6.07, 6.45) is 1.99. The fraction of sp³-hybridized carbons (Fsp3) is 0.214. The molecule has 0 unspecified atom stereocenters. The predicted octanol–water partition coefficient (Wildman–Crippen LogP) is 2.61. The van der Waals surface area contributed by atoms with E-state index in [-0.39, 0.29) is 12.2 Å². The number of nitrogens with zero attached hydrogens (tertiary/aromatic N) is 2. The molecule has 0 aliphatic carbocycles. The lowest BCUT2D eigenvalue weighted by molar-refractivity contribution is -0.136. The molecule has 0 aliphatic heterocycles. The number of benzene rings is 1. The minimum Gasteiger partial charge on any atom is -0.481 e. The van der Waals surface area contributed by atoms with Crippen LogP contribution in [0.1, 0.15) is 17.8 Å². The smallest absolute Gasteiger partial charge is 0.303 e. The molecule has 0 radical (unpaired) electrons. The van der Waals surface area contributed by atoms with Gasteiger partial charge in [0.05, 0.1) is 5.69 Å². The Hall–Kier alpha value is -2.30. The zero-order valence-corrected chi connectivity index (χ0v) is 10.4. The molecule has 0 saturated heterocycles. The van der Waals surface area contributed by atoms with Crippen LogP contribution in [-0.2, 0) is 11.2 Å². The van der Waals surface area contributed by atoms with Crippen molar-refractivity contribution in [1.29, 1.82) is 0 Å². The third kappa shape index (κ3) is 3.34. The van der Waals surface area contributed by atoms with E-state index in [4.69, 9.17) is 5.11 Å². The van der Waals surface area contributed by atoms with Crippen molar-refractivity contribution in [3.8, 4) is 11.3 Å². The highest BCUT2D eigenvalue weighted by Crippen LogP contribution is 2.22.